The van der Waals surface area contributed by atoms with Gasteiger partial charge in [0.25, 0.3) is 0 Å². The van der Waals surface area contributed by atoms with Crippen molar-refractivity contribution in [1.29, 1.82) is 0 Å². The summed E-state index contributed by atoms with van der Waals surface area (Å²) in [6.45, 7) is 8.00. The minimum absolute atomic E-state index is 1.33. The molecule has 1 heterocycles. The van der Waals surface area contributed by atoms with Crippen LogP contribution in [-0.2, 0) is 0 Å². The molecule has 1 saturated heterocycles. The Kier molecular flexibility index (Phi) is 21.8. The van der Waals surface area contributed by atoms with E-state index in [0.29, 0.717) is 0 Å². The molecule has 58 valence electrons. The van der Waals surface area contributed by atoms with E-state index in [1.54, 1.807) is 0 Å². The van der Waals surface area contributed by atoms with E-state index in [2.05, 4.69) is 0 Å². The number of hydrogen-bond acceptors (Lipinski definition) is 2. The van der Waals surface area contributed by atoms with Crippen LogP contribution in [0.3, 0.4) is 0 Å². The molecule has 0 saturated carbocycles. The third kappa shape index (κ3) is 12.0. The fourth-order valence-electron chi connectivity index (χ4n) is 0.295. The second-order valence-electron chi connectivity index (χ2n) is 0.934. The van der Waals surface area contributed by atoms with Crippen LogP contribution in [0.5, 0.6) is 0 Å². The van der Waals surface area contributed by atoms with Gasteiger partial charge in [0.15, 0.2) is 0 Å². The van der Waals surface area contributed by atoms with E-state index in [0.717, 1.165) is 0 Å². The number of thioether (sulfide) groups is 2. The minimum Gasteiger partial charge on any atom is -0.150 e. The van der Waals surface area contributed by atoms with Gasteiger partial charge in [-0.3, -0.25) is 0 Å². The Hall–Kier alpha value is 0.700. The fourth-order valence-corrected chi connectivity index (χ4v) is 2.65. The highest BCUT2D eigenvalue weighted by atomic mass is 32.2. The van der Waals surface area contributed by atoms with E-state index >= 15 is 0 Å². The molecule has 1 fully saturated rings. The van der Waals surface area contributed by atoms with Crippen molar-refractivity contribution in [3.63, 3.8) is 0 Å². The molecule has 0 aromatic heterocycles. The lowest BCUT2D eigenvalue weighted by Gasteiger charge is -1.68. The van der Waals surface area contributed by atoms with Crippen molar-refractivity contribution in [2.45, 2.75) is 27.7 Å². The molecule has 0 nitrogen and oxygen atoms in total. The van der Waals surface area contributed by atoms with Crippen molar-refractivity contribution in [1.82, 2.24) is 0 Å². The third-order valence-corrected chi connectivity index (χ3v) is 3.12. The average molecular weight is 166 g/mol. The summed E-state index contributed by atoms with van der Waals surface area (Å²) in [4.78, 5) is 0. The summed E-state index contributed by atoms with van der Waals surface area (Å²) >= 11 is 4.07. The predicted octanol–water partition coefficient (Wildman–Crippen LogP) is 3.48. The second kappa shape index (κ2) is 15.9. The van der Waals surface area contributed by atoms with E-state index in [4.69, 9.17) is 0 Å². The molecule has 0 aliphatic carbocycles. The molecule has 9 heavy (non-hydrogen) atoms. The lowest BCUT2D eigenvalue weighted by Crippen LogP contribution is -1.64. The summed E-state index contributed by atoms with van der Waals surface area (Å²) in [5, 5.41) is 1.33. The average Bonchev–Trinajstić information content (AvgIpc) is 2.51. The Balaban J connectivity index is 0. The lowest BCUT2D eigenvalue weighted by atomic mass is 11.0. The standard InChI is InChI=1S/C3H6S2.2C2H6/c1-2-5-3-4-1;2*1-2/h1-3H2;2*1-2H3. The highest BCUT2D eigenvalue weighted by Crippen LogP contribution is 2.20. The molecule has 0 aromatic rings. The smallest absolute Gasteiger partial charge is 0.0392 e. The molecule has 0 amide bonds. The molecule has 1 rings (SSSR count). The summed E-state index contributed by atoms with van der Waals surface area (Å²) in [7, 11) is 0. The zero-order chi connectivity index (χ0) is 7.54. The van der Waals surface area contributed by atoms with Crippen LogP contribution < -0.4 is 0 Å². The molecule has 0 unspecified atom stereocenters. The van der Waals surface area contributed by atoms with Gasteiger partial charge in [-0.1, -0.05) is 27.7 Å². The highest BCUT2D eigenvalue weighted by Gasteiger charge is 1.95. The van der Waals surface area contributed by atoms with Crippen LogP contribution in [0.1, 0.15) is 27.7 Å². The first kappa shape index (κ1) is 12.4. The maximum absolute atomic E-state index is 2.04. The van der Waals surface area contributed by atoms with E-state index < -0.39 is 0 Å². The molecule has 0 aromatic carbocycles. The van der Waals surface area contributed by atoms with Gasteiger partial charge in [0.05, 0.1) is 0 Å². The maximum atomic E-state index is 2.04. The number of hydrogen-bond donors (Lipinski definition) is 0. The topological polar surface area (TPSA) is 0 Å². The molecule has 1 aliphatic rings. The van der Waals surface area contributed by atoms with Gasteiger partial charge in [0.2, 0.25) is 0 Å². The van der Waals surface area contributed by atoms with Crippen molar-refractivity contribution in [2.75, 3.05) is 16.6 Å². The Morgan fingerprint density at radius 1 is 0.778 bits per heavy atom. The zero-order valence-corrected chi connectivity index (χ0v) is 8.57. The van der Waals surface area contributed by atoms with Crippen LogP contribution in [0.25, 0.3) is 0 Å². The van der Waals surface area contributed by atoms with Gasteiger partial charge in [-0.25, -0.2) is 0 Å². The van der Waals surface area contributed by atoms with Crippen LogP contribution in [-0.4, -0.2) is 16.6 Å². The fraction of sp³-hybridized carbons (Fsp3) is 1.00. The molecule has 1 aliphatic heterocycles. The van der Waals surface area contributed by atoms with Crippen molar-refractivity contribution in [3.05, 3.63) is 0 Å². The molecule has 0 spiro atoms. The zero-order valence-electron chi connectivity index (χ0n) is 6.94. The Bertz CT molecular complexity index is 18.5. The molecular formula is C7H18S2. The quantitative estimate of drug-likeness (QED) is 0.540. The maximum Gasteiger partial charge on any atom is 0.0392 e. The monoisotopic (exact) mass is 166 g/mol. The number of rotatable bonds is 0. The van der Waals surface area contributed by atoms with Crippen LogP contribution in [0.2, 0.25) is 0 Å². The van der Waals surface area contributed by atoms with Crippen LogP contribution in [0.15, 0.2) is 0 Å². The summed E-state index contributed by atoms with van der Waals surface area (Å²) < 4.78 is 0. The highest BCUT2D eigenvalue weighted by molar-refractivity contribution is 8.19. The van der Waals surface area contributed by atoms with Gasteiger partial charge in [-0.05, 0) is 0 Å². The van der Waals surface area contributed by atoms with E-state index in [1.165, 1.54) is 16.6 Å². The predicted molar refractivity (Wildman–Crippen MR) is 52.5 cm³/mol. The van der Waals surface area contributed by atoms with Crippen molar-refractivity contribution >= 4 is 23.5 Å². The van der Waals surface area contributed by atoms with E-state index in [1.807, 2.05) is 51.2 Å². The lowest BCUT2D eigenvalue weighted by molar-refractivity contribution is 1.50. The van der Waals surface area contributed by atoms with Crippen molar-refractivity contribution < 1.29 is 0 Å². The molecule has 2 heteroatoms. The van der Waals surface area contributed by atoms with Crippen molar-refractivity contribution in [2.24, 2.45) is 0 Å². The molecule has 0 radical (unpaired) electrons. The van der Waals surface area contributed by atoms with Gasteiger partial charge in [-0.2, -0.15) is 23.5 Å². The summed E-state index contributed by atoms with van der Waals surface area (Å²) in [5.74, 6) is 2.76. The van der Waals surface area contributed by atoms with E-state index in [-0.39, 0.29) is 0 Å². The summed E-state index contributed by atoms with van der Waals surface area (Å²) in [5.41, 5.74) is 0. The van der Waals surface area contributed by atoms with Gasteiger partial charge in [-0.15, -0.1) is 0 Å². The van der Waals surface area contributed by atoms with Gasteiger partial charge < -0.3 is 0 Å². The Morgan fingerprint density at radius 3 is 1.22 bits per heavy atom. The van der Waals surface area contributed by atoms with Crippen LogP contribution >= 0.6 is 23.5 Å². The minimum atomic E-state index is 1.33. The summed E-state index contributed by atoms with van der Waals surface area (Å²) in [6, 6.07) is 0. The largest absolute Gasteiger partial charge is 0.150 e. The molecule has 0 bridgehead atoms. The van der Waals surface area contributed by atoms with Gasteiger partial charge in [0, 0.05) is 16.6 Å². The third-order valence-electron chi connectivity index (χ3n) is 0.539. The van der Waals surface area contributed by atoms with Crippen LogP contribution in [0.4, 0.5) is 0 Å². The molecule has 0 atom stereocenters. The molecular weight excluding hydrogens is 148 g/mol. The first-order valence-electron chi connectivity index (χ1n) is 3.65. The van der Waals surface area contributed by atoms with Gasteiger partial charge >= 0.3 is 0 Å². The Morgan fingerprint density at radius 2 is 1.11 bits per heavy atom. The summed E-state index contributed by atoms with van der Waals surface area (Å²) in [6.07, 6.45) is 0. The van der Waals surface area contributed by atoms with Crippen LogP contribution in [0, 0.1) is 0 Å². The first-order chi connectivity index (χ1) is 4.50. The first-order valence-corrected chi connectivity index (χ1v) is 5.96. The van der Waals surface area contributed by atoms with Gasteiger partial charge in [0.1, 0.15) is 0 Å². The normalized spacial score (nSPS) is 14.7. The van der Waals surface area contributed by atoms with E-state index in [9.17, 15) is 0 Å². The van der Waals surface area contributed by atoms with Crippen molar-refractivity contribution in [3.8, 4) is 0 Å². The SMILES string of the molecule is C1CSCS1.CC.CC. The molecule has 0 N–H and O–H groups in total. The second-order valence-corrected chi connectivity index (χ2v) is 3.51. The Labute approximate surface area is 68.2 Å².